The standard InChI is InChI=1S/C22H20Br2ClN3O5/c1-5-17-27-15-7-6-13(23)9-14(15)21(29)28(17)26-10-12-8-16(31-3)20(19(25)18(12)24)33-11(2)22(30)32-4/h6-11H,5H2,1-4H3/t11-/m1/s1. The van der Waals surface area contributed by atoms with Gasteiger partial charge in [0.1, 0.15) is 10.8 Å². The summed E-state index contributed by atoms with van der Waals surface area (Å²) in [6.07, 6.45) is 1.07. The van der Waals surface area contributed by atoms with E-state index < -0.39 is 12.1 Å². The number of halogens is 3. The van der Waals surface area contributed by atoms with Gasteiger partial charge in [0, 0.05) is 20.9 Å². The van der Waals surface area contributed by atoms with Gasteiger partial charge in [-0.3, -0.25) is 4.79 Å². The van der Waals surface area contributed by atoms with E-state index in [9.17, 15) is 9.59 Å². The Morgan fingerprint density at radius 1 is 1.30 bits per heavy atom. The van der Waals surface area contributed by atoms with E-state index in [1.807, 2.05) is 13.0 Å². The summed E-state index contributed by atoms with van der Waals surface area (Å²) in [5, 5.41) is 4.99. The van der Waals surface area contributed by atoms with Crippen molar-refractivity contribution in [2.45, 2.75) is 26.4 Å². The Balaban J connectivity index is 2.08. The van der Waals surface area contributed by atoms with Crippen LogP contribution in [0, 0.1) is 0 Å². The predicted molar refractivity (Wildman–Crippen MR) is 134 cm³/mol. The molecule has 174 valence electrons. The van der Waals surface area contributed by atoms with E-state index in [1.54, 1.807) is 18.2 Å². The van der Waals surface area contributed by atoms with Gasteiger partial charge in [0.2, 0.25) is 0 Å². The van der Waals surface area contributed by atoms with Crippen molar-refractivity contribution in [3.8, 4) is 11.5 Å². The van der Waals surface area contributed by atoms with Crippen molar-refractivity contribution in [3.05, 3.63) is 60.0 Å². The van der Waals surface area contributed by atoms with E-state index in [1.165, 1.54) is 32.0 Å². The van der Waals surface area contributed by atoms with Crippen LogP contribution in [0.3, 0.4) is 0 Å². The smallest absolute Gasteiger partial charge is 0.346 e. The lowest BCUT2D eigenvalue weighted by Crippen LogP contribution is -2.25. The Kier molecular flexibility index (Phi) is 8.14. The molecule has 0 N–H and O–H groups in total. The van der Waals surface area contributed by atoms with Crippen molar-refractivity contribution in [1.29, 1.82) is 0 Å². The molecule has 0 amide bonds. The van der Waals surface area contributed by atoms with Crippen molar-refractivity contribution in [2.24, 2.45) is 5.10 Å². The minimum Gasteiger partial charge on any atom is -0.493 e. The summed E-state index contributed by atoms with van der Waals surface area (Å²) in [4.78, 5) is 29.4. The van der Waals surface area contributed by atoms with Crippen LogP contribution in [0.5, 0.6) is 11.5 Å². The fourth-order valence-corrected chi connectivity index (χ4v) is 4.02. The molecular weight excluding hydrogens is 582 g/mol. The topological polar surface area (TPSA) is 92.0 Å². The average Bonchev–Trinajstić information content (AvgIpc) is 2.81. The van der Waals surface area contributed by atoms with Crippen LogP contribution in [0.15, 0.2) is 43.1 Å². The molecule has 0 saturated carbocycles. The number of methoxy groups -OCH3 is 2. The number of carbonyl (C=O) groups is 1. The highest BCUT2D eigenvalue weighted by atomic mass is 79.9. The van der Waals surface area contributed by atoms with Gasteiger partial charge in [-0.1, -0.05) is 34.5 Å². The summed E-state index contributed by atoms with van der Waals surface area (Å²) in [5.41, 5.74) is 0.826. The summed E-state index contributed by atoms with van der Waals surface area (Å²) in [5.74, 6) is 0.401. The van der Waals surface area contributed by atoms with Crippen LogP contribution in [-0.2, 0) is 16.0 Å². The van der Waals surface area contributed by atoms with Gasteiger partial charge >= 0.3 is 5.97 Å². The van der Waals surface area contributed by atoms with Crippen LogP contribution in [0.2, 0.25) is 5.02 Å². The molecule has 0 fully saturated rings. The first kappa shape index (κ1) is 25.2. The number of rotatable bonds is 7. The molecule has 11 heteroatoms. The zero-order valence-electron chi connectivity index (χ0n) is 18.2. The molecule has 8 nitrogen and oxygen atoms in total. The third kappa shape index (κ3) is 5.23. The maximum absolute atomic E-state index is 13.1. The Labute approximate surface area is 211 Å². The first-order valence-corrected chi connectivity index (χ1v) is 11.7. The van der Waals surface area contributed by atoms with Crippen LogP contribution in [-0.4, -0.2) is 42.2 Å². The lowest BCUT2D eigenvalue weighted by atomic mass is 10.2. The summed E-state index contributed by atoms with van der Waals surface area (Å²) in [7, 11) is 2.71. The first-order chi connectivity index (χ1) is 15.7. The maximum atomic E-state index is 13.1. The van der Waals surface area contributed by atoms with Gasteiger partial charge in [0.25, 0.3) is 5.56 Å². The summed E-state index contributed by atoms with van der Waals surface area (Å²) < 4.78 is 18.2. The van der Waals surface area contributed by atoms with Gasteiger partial charge in [-0.25, -0.2) is 9.78 Å². The number of fused-ring (bicyclic) bond motifs is 1. The lowest BCUT2D eigenvalue weighted by molar-refractivity contribution is -0.147. The Morgan fingerprint density at radius 3 is 2.67 bits per heavy atom. The van der Waals surface area contributed by atoms with E-state index >= 15 is 0 Å². The van der Waals surface area contributed by atoms with E-state index in [0.29, 0.717) is 33.2 Å². The molecule has 0 unspecified atom stereocenters. The van der Waals surface area contributed by atoms with Crippen LogP contribution in [0.25, 0.3) is 10.9 Å². The van der Waals surface area contributed by atoms with Crippen molar-refractivity contribution in [1.82, 2.24) is 9.66 Å². The predicted octanol–water partition coefficient (Wildman–Crippen LogP) is 4.97. The fraction of sp³-hybridized carbons (Fsp3) is 0.273. The van der Waals surface area contributed by atoms with Crippen molar-refractivity contribution < 1.29 is 19.0 Å². The molecule has 0 spiro atoms. The number of hydrogen-bond donors (Lipinski definition) is 0. The summed E-state index contributed by atoms with van der Waals surface area (Å²) >= 11 is 13.3. The van der Waals surface area contributed by atoms with Gasteiger partial charge in [-0.05, 0) is 47.1 Å². The van der Waals surface area contributed by atoms with Crippen molar-refractivity contribution in [2.75, 3.05) is 14.2 Å². The van der Waals surface area contributed by atoms with Gasteiger partial charge in [-0.2, -0.15) is 9.78 Å². The van der Waals surface area contributed by atoms with Crippen LogP contribution in [0.1, 0.15) is 25.2 Å². The SMILES string of the molecule is CCc1nc2ccc(Br)cc2c(=O)n1N=Cc1cc(OC)c(O[C@H](C)C(=O)OC)c(Cl)c1Br. The molecule has 3 aromatic rings. The zero-order valence-corrected chi connectivity index (χ0v) is 22.1. The van der Waals surface area contributed by atoms with Crippen LogP contribution in [0.4, 0.5) is 0 Å². The molecule has 1 atom stereocenters. The molecular formula is C22H20Br2ClN3O5. The zero-order chi connectivity index (χ0) is 24.3. The highest BCUT2D eigenvalue weighted by molar-refractivity contribution is 9.10. The van der Waals surface area contributed by atoms with E-state index in [4.69, 9.17) is 21.1 Å². The van der Waals surface area contributed by atoms with Crippen LogP contribution >= 0.6 is 43.5 Å². The van der Waals surface area contributed by atoms with Gasteiger partial charge in [-0.15, -0.1) is 0 Å². The molecule has 1 aromatic heterocycles. The summed E-state index contributed by atoms with van der Waals surface area (Å²) in [6.45, 7) is 3.43. The number of nitrogens with zero attached hydrogens (tertiary/aromatic N) is 3. The molecule has 2 aromatic carbocycles. The number of hydrogen-bond acceptors (Lipinski definition) is 7. The fourth-order valence-electron chi connectivity index (χ4n) is 3.01. The molecule has 0 bridgehead atoms. The lowest BCUT2D eigenvalue weighted by Gasteiger charge is -2.18. The third-order valence-electron chi connectivity index (χ3n) is 4.71. The van der Waals surface area contributed by atoms with Crippen molar-refractivity contribution >= 4 is 66.5 Å². The third-order valence-corrected chi connectivity index (χ3v) is 6.64. The number of aromatic nitrogens is 2. The molecule has 0 saturated heterocycles. The number of aryl methyl sites for hydroxylation is 1. The number of benzene rings is 2. The van der Waals surface area contributed by atoms with Gasteiger partial charge in [0.05, 0.1) is 31.3 Å². The molecule has 1 heterocycles. The normalized spacial score (nSPS) is 12.2. The Bertz CT molecular complexity index is 1310. The van der Waals surface area contributed by atoms with Crippen molar-refractivity contribution in [3.63, 3.8) is 0 Å². The molecule has 0 aliphatic carbocycles. The molecule has 33 heavy (non-hydrogen) atoms. The van der Waals surface area contributed by atoms with E-state index in [0.717, 1.165) is 4.47 Å². The number of ether oxygens (including phenoxy) is 3. The van der Waals surface area contributed by atoms with Crippen LogP contribution < -0.4 is 15.0 Å². The second-order valence-electron chi connectivity index (χ2n) is 6.81. The molecule has 0 aliphatic heterocycles. The minimum atomic E-state index is -0.901. The van der Waals surface area contributed by atoms with Gasteiger partial charge < -0.3 is 14.2 Å². The maximum Gasteiger partial charge on any atom is 0.346 e. The molecule has 0 radical (unpaired) electrons. The van der Waals surface area contributed by atoms with E-state index in [2.05, 4.69) is 46.7 Å². The Morgan fingerprint density at radius 2 is 2.03 bits per heavy atom. The monoisotopic (exact) mass is 599 g/mol. The second-order valence-corrected chi connectivity index (χ2v) is 8.90. The summed E-state index contributed by atoms with van der Waals surface area (Å²) in [6, 6.07) is 6.95. The second kappa shape index (κ2) is 10.7. The minimum absolute atomic E-state index is 0.171. The highest BCUT2D eigenvalue weighted by Crippen LogP contribution is 2.42. The highest BCUT2D eigenvalue weighted by Gasteiger charge is 2.22. The van der Waals surface area contributed by atoms with Gasteiger partial charge in [0.15, 0.2) is 17.6 Å². The largest absolute Gasteiger partial charge is 0.493 e. The number of esters is 1. The first-order valence-electron chi connectivity index (χ1n) is 9.77. The average molecular weight is 602 g/mol. The quantitative estimate of drug-likeness (QED) is 0.281. The number of carbonyl (C=O) groups excluding carboxylic acids is 1. The molecule has 3 rings (SSSR count). The Hall–Kier alpha value is -2.43. The van der Waals surface area contributed by atoms with E-state index in [-0.39, 0.29) is 22.1 Å². The molecule has 0 aliphatic rings.